The van der Waals surface area contributed by atoms with E-state index in [1.54, 1.807) is 0 Å². The molecule has 2 saturated heterocycles. The molecule has 0 aromatic rings. The molecule has 0 aromatic heterocycles. The third kappa shape index (κ3) is 3.62. The molecule has 1 N–H and O–H groups in total. The van der Waals surface area contributed by atoms with Crippen molar-refractivity contribution in [3.63, 3.8) is 0 Å². The number of amides is 1. The highest BCUT2D eigenvalue weighted by Crippen LogP contribution is 2.27. The van der Waals surface area contributed by atoms with E-state index in [1.165, 1.54) is 18.6 Å². The fourth-order valence-electron chi connectivity index (χ4n) is 2.69. The van der Waals surface area contributed by atoms with Gasteiger partial charge in [0.25, 0.3) is 0 Å². The smallest absolute Gasteiger partial charge is 0.226 e. The van der Waals surface area contributed by atoms with Gasteiger partial charge in [-0.25, -0.2) is 0 Å². The molecule has 0 aromatic carbocycles. The third-order valence-electron chi connectivity index (χ3n) is 3.89. The van der Waals surface area contributed by atoms with Gasteiger partial charge in [0.05, 0.1) is 0 Å². The van der Waals surface area contributed by atoms with E-state index in [1.807, 2.05) is 11.8 Å². The SMILES string of the molecule is CCNCC1CCN(C(=O)C2CCSC2)CC1. The number of nitrogens with zero attached hydrogens (tertiary/aromatic N) is 1. The normalized spacial score (nSPS) is 26.4. The van der Waals surface area contributed by atoms with Crippen LogP contribution in [0, 0.1) is 11.8 Å². The van der Waals surface area contributed by atoms with Gasteiger partial charge in [-0.05, 0) is 44.0 Å². The summed E-state index contributed by atoms with van der Waals surface area (Å²) in [7, 11) is 0. The van der Waals surface area contributed by atoms with Gasteiger partial charge >= 0.3 is 0 Å². The standard InChI is InChI=1S/C13H24N2OS/c1-2-14-9-11-3-6-15(7-4-11)13(16)12-5-8-17-10-12/h11-12,14H,2-10H2,1H3. The number of carbonyl (C=O) groups is 1. The number of hydrogen-bond acceptors (Lipinski definition) is 3. The Morgan fingerprint density at radius 3 is 2.71 bits per heavy atom. The Labute approximate surface area is 109 Å². The van der Waals surface area contributed by atoms with Crippen LogP contribution in [0.3, 0.4) is 0 Å². The molecule has 1 unspecified atom stereocenters. The van der Waals surface area contributed by atoms with Gasteiger partial charge in [0.2, 0.25) is 5.91 Å². The van der Waals surface area contributed by atoms with Gasteiger partial charge in [-0.2, -0.15) is 11.8 Å². The summed E-state index contributed by atoms with van der Waals surface area (Å²) in [5.41, 5.74) is 0. The summed E-state index contributed by atoms with van der Waals surface area (Å²) in [5.74, 6) is 3.75. The minimum atomic E-state index is 0.324. The van der Waals surface area contributed by atoms with Crippen molar-refractivity contribution in [3.8, 4) is 0 Å². The van der Waals surface area contributed by atoms with Crippen molar-refractivity contribution in [2.75, 3.05) is 37.7 Å². The van der Waals surface area contributed by atoms with Gasteiger partial charge in [0.1, 0.15) is 0 Å². The quantitative estimate of drug-likeness (QED) is 0.829. The van der Waals surface area contributed by atoms with Crippen LogP contribution in [0.15, 0.2) is 0 Å². The van der Waals surface area contributed by atoms with Gasteiger partial charge in [-0.15, -0.1) is 0 Å². The number of rotatable bonds is 4. The lowest BCUT2D eigenvalue weighted by molar-refractivity contribution is -0.136. The maximum Gasteiger partial charge on any atom is 0.226 e. The highest BCUT2D eigenvalue weighted by molar-refractivity contribution is 7.99. The second-order valence-electron chi connectivity index (χ2n) is 5.14. The maximum atomic E-state index is 12.2. The summed E-state index contributed by atoms with van der Waals surface area (Å²) in [6.07, 6.45) is 3.46. The average molecular weight is 256 g/mol. The zero-order valence-corrected chi connectivity index (χ0v) is 11.6. The molecular formula is C13H24N2OS. The van der Waals surface area contributed by atoms with Crippen molar-refractivity contribution in [1.29, 1.82) is 0 Å². The van der Waals surface area contributed by atoms with Crippen LogP contribution in [-0.2, 0) is 4.79 Å². The van der Waals surface area contributed by atoms with Crippen LogP contribution >= 0.6 is 11.8 Å². The van der Waals surface area contributed by atoms with E-state index in [-0.39, 0.29) is 0 Å². The molecule has 2 rings (SSSR count). The Bertz CT molecular complexity index is 246. The summed E-state index contributed by atoms with van der Waals surface area (Å²) < 4.78 is 0. The van der Waals surface area contributed by atoms with E-state index in [0.717, 1.165) is 44.3 Å². The van der Waals surface area contributed by atoms with Gasteiger partial charge in [0.15, 0.2) is 0 Å². The highest BCUT2D eigenvalue weighted by atomic mass is 32.2. The zero-order chi connectivity index (χ0) is 12.1. The fourth-order valence-corrected chi connectivity index (χ4v) is 3.91. The van der Waals surface area contributed by atoms with Crippen LogP contribution in [0.5, 0.6) is 0 Å². The average Bonchev–Trinajstić information content (AvgIpc) is 2.90. The van der Waals surface area contributed by atoms with Crippen molar-refractivity contribution < 1.29 is 4.79 Å². The second-order valence-corrected chi connectivity index (χ2v) is 6.29. The molecule has 0 saturated carbocycles. The summed E-state index contributed by atoms with van der Waals surface area (Å²) >= 11 is 1.93. The minimum absolute atomic E-state index is 0.324. The molecule has 98 valence electrons. The van der Waals surface area contributed by atoms with Crippen molar-refractivity contribution >= 4 is 17.7 Å². The number of thioether (sulfide) groups is 1. The molecule has 1 amide bonds. The molecule has 2 heterocycles. The van der Waals surface area contributed by atoms with E-state index in [0.29, 0.717) is 11.8 Å². The Morgan fingerprint density at radius 1 is 1.35 bits per heavy atom. The molecule has 2 fully saturated rings. The van der Waals surface area contributed by atoms with Crippen LogP contribution in [-0.4, -0.2) is 48.5 Å². The minimum Gasteiger partial charge on any atom is -0.342 e. The Morgan fingerprint density at radius 2 is 2.12 bits per heavy atom. The van der Waals surface area contributed by atoms with Crippen molar-refractivity contribution in [3.05, 3.63) is 0 Å². The maximum absolute atomic E-state index is 12.2. The summed E-state index contributed by atoms with van der Waals surface area (Å²) in [6.45, 7) is 6.29. The van der Waals surface area contributed by atoms with Gasteiger partial charge in [-0.3, -0.25) is 4.79 Å². The summed E-state index contributed by atoms with van der Waals surface area (Å²) in [6, 6.07) is 0. The topological polar surface area (TPSA) is 32.3 Å². The van der Waals surface area contributed by atoms with E-state index in [2.05, 4.69) is 17.1 Å². The van der Waals surface area contributed by atoms with Crippen molar-refractivity contribution in [2.45, 2.75) is 26.2 Å². The lowest BCUT2D eigenvalue weighted by atomic mass is 9.95. The molecule has 0 aliphatic carbocycles. The molecule has 0 spiro atoms. The van der Waals surface area contributed by atoms with Crippen LogP contribution in [0.25, 0.3) is 0 Å². The zero-order valence-electron chi connectivity index (χ0n) is 10.8. The molecule has 1 atom stereocenters. The lowest BCUT2D eigenvalue weighted by Crippen LogP contribution is -2.43. The number of hydrogen-bond donors (Lipinski definition) is 1. The number of nitrogens with one attached hydrogen (secondary N) is 1. The molecule has 0 radical (unpaired) electrons. The first-order valence-electron chi connectivity index (χ1n) is 6.88. The van der Waals surface area contributed by atoms with Crippen molar-refractivity contribution in [2.24, 2.45) is 11.8 Å². The van der Waals surface area contributed by atoms with E-state index < -0.39 is 0 Å². The number of likely N-dealkylation sites (tertiary alicyclic amines) is 1. The number of carbonyl (C=O) groups excluding carboxylic acids is 1. The van der Waals surface area contributed by atoms with E-state index >= 15 is 0 Å². The largest absolute Gasteiger partial charge is 0.342 e. The third-order valence-corrected chi connectivity index (χ3v) is 5.05. The molecule has 2 aliphatic heterocycles. The van der Waals surface area contributed by atoms with Crippen LogP contribution in [0.1, 0.15) is 26.2 Å². The Hall–Kier alpha value is -0.220. The fraction of sp³-hybridized carbons (Fsp3) is 0.923. The Balaban J connectivity index is 1.72. The number of piperidine rings is 1. The summed E-state index contributed by atoms with van der Waals surface area (Å²) in [5, 5.41) is 3.41. The van der Waals surface area contributed by atoms with Gasteiger partial charge in [-0.1, -0.05) is 6.92 Å². The van der Waals surface area contributed by atoms with Crippen LogP contribution in [0.2, 0.25) is 0 Å². The predicted octanol–water partition coefficient (Wildman–Crippen LogP) is 1.59. The van der Waals surface area contributed by atoms with Gasteiger partial charge in [0, 0.05) is 24.8 Å². The molecule has 3 nitrogen and oxygen atoms in total. The molecule has 0 bridgehead atoms. The first kappa shape index (κ1) is 13.2. The monoisotopic (exact) mass is 256 g/mol. The molecule has 4 heteroatoms. The first-order chi connectivity index (χ1) is 8.31. The predicted molar refractivity (Wildman–Crippen MR) is 73.3 cm³/mol. The summed E-state index contributed by atoms with van der Waals surface area (Å²) in [4.78, 5) is 14.3. The first-order valence-corrected chi connectivity index (χ1v) is 8.04. The van der Waals surface area contributed by atoms with E-state index in [4.69, 9.17) is 0 Å². The van der Waals surface area contributed by atoms with Gasteiger partial charge < -0.3 is 10.2 Å². The van der Waals surface area contributed by atoms with Crippen molar-refractivity contribution in [1.82, 2.24) is 10.2 Å². The molecular weight excluding hydrogens is 232 g/mol. The Kier molecular flexibility index (Phi) is 5.16. The van der Waals surface area contributed by atoms with Crippen LogP contribution < -0.4 is 5.32 Å². The molecule has 17 heavy (non-hydrogen) atoms. The lowest BCUT2D eigenvalue weighted by Gasteiger charge is -2.33. The van der Waals surface area contributed by atoms with E-state index in [9.17, 15) is 4.79 Å². The van der Waals surface area contributed by atoms with Crippen LogP contribution in [0.4, 0.5) is 0 Å². The highest BCUT2D eigenvalue weighted by Gasteiger charge is 2.30. The second kappa shape index (κ2) is 6.64. The molecule has 2 aliphatic rings.